The number of hydrogen-bond donors (Lipinski definition) is 2. The number of amides is 1. The molecule has 5 nitrogen and oxygen atoms in total. The number of rotatable bonds is 6. The Morgan fingerprint density at radius 1 is 1.43 bits per heavy atom. The molecule has 0 fully saturated rings. The standard InChI is InChI=1S/C16H22N2O3/c1-4-10(2)17-9-13(19)11-5-7-14(21-3)16-12(11)6-8-15(20)18-16/h5,7,10,17H,4,6,8-9H2,1-3H3,(H,18,20). The molecule has 0 aromatic heterocycles. The fraction of sp³-hybridized carbons (Fsp3) is 0.500. The summed E-state index contributed by atoms with van der Waals surface area (Å²) < 4.78 is 5.27. The molecule has 0 radical (unpaired) electrons. The summed E-state index contributed by atoms with van der Waals surface area (Å²) in [5.74, 6) is 0.609. The average Bonchev–Trinajstić information content (AvgIpc) is 2.50. The number of Topliss-reactive ketones (excluding diaryl/α,β-unsaturated/α-hetero) is 1. The molecular weight excluding hydrogens is 268 g/mol. The van der Waals surface area contributed by atoms with Gasteiger partial charge >= 0.3 is 0 Å². The van der Waals surface area contributed by atoms with Gasteiger partial charge in [-0.2, -0.15) is 0 Å². The fourth-order valence-corrected chi connectivity index (χ4v) is 2.40. The van der Waals surface area contributed by atoms with E-state index in [0.717, 1.165) is 12.0 Å². The van der Waals surface area contributed by atoms with Crippen molar-refractivity contribution in [1.82, 2.24) is 5.32 Å². The predicted molar refractivity (Wildman–Crippen MR) is 82.0 cm³/mol. The van der Waals surface area contributed by atoms with Crippen LogP contribution in [0.15, 0.2) is 12.1 Å². The maximum absolute atomic E-state index is 12.4. The van der Waals surface area contributed by atoms with Crippen LogP contribution >= 0.6 is 0 Å². The summed E-state index contributed by atoms with van der Waals surface area (Å²) in [6, 6.07) is 3.83. The minimum absolute atomic E-state index is 0.0388. The highest BCUT2D eigenvalue weighted by Crippen LogP contribution is 2.35. The number of hydrogen-bond acceptors (Lipinski definition) is 4. The van der Waals surface area contributed by atoms with Gasteiger partial charge < -0.3 is 15.4 Å². The van der Waals surface area contributed by atoms with Gasteiger partial charge in [0.15, 0.2) is 5.78 Å². The normalized spacial score (nSPS) is 15.1. The van der Waals surface area contributed by atoms with E-state index in [1.54, 1.807) is 19.2 Å². The zero-order valence-corrected chi connectivity index (χ0v) is 12.8. The summed E-state index contributed by atoms with van der Waals surface area (Å²) in [4.78, 5) is 24.0. The largest absolute Gasteiger partial charge is 0.495 e. The number of methoxy groups -OCH3 is 1. The van der Waals surface area contributed by atoms with E-state index in [1.807, 2.05) is 0 Å². The van der Waals surface area contributed by atoms with Crippen LogP contribution in [0.25, 0.3) is 0 Å². The van der Waals surface area contributed by atoms with Crippen LogP contribution < -0.4 is 15.4 Å². The van der Waals surface area contributed by atoms with Crippen molar-refractivity contribution in [3.05, 3.63) is 23.3 Å². The molecule has 1 aromatic rings. The third kappa shape index (κ3) is 3.42. The molecule has 2 N–H and O–H groups in total. The van der Waals surface area contributed by atoms with E-state index in [0.29, 0.717) is 42.4 Å². The zero-order chi connectivity index (χ0) is 15.4. The first-order chi connectivity index (χ1) is 10.1. The van der Waals surface area contributed by atoms with E-state index in [1.165, 1.54) is 0 Å². The Labute approximate surface area is 125 Å². The summed E-state index contributed by atoms with van der Waals surface area (Å²) in [6.07, 6.45) is 1.95. The molecule has 0 saturated heterocycles. The molecule has 0 spiro atoms. The van der Waals surface area contributed by atoms with E-state index < -0.39 is 0 Å². The number of ether oxygens (including phenoxy) is 1. The van der Waals surface area contributed by atoms with E-state index in [9.17, 15) is 9.59 Å². The summed E-state index contributed by atoms with van der Waals surface area (Å²) in [6.45, 7) is 4.44. The highest BCUT2D eigenvalue weighted by atomic mass is 16.5. The van der Waals surface area contributed by atoms with E-state index in [-0.39, 0.29) is 11.7 Å². The topological polar surface area (TPSA) is 67.4 Å². The molecule has 5 heteroatoms. The third-order valence-electron chi connectivity index (χ3n) is 3.88. The Hall–Kier alpha value is -1.88. The highest BCUT2D eigenvalue weighted by molar-refractivity contribution is 6.04. The quantitative estimate of drug-likeness (QED) is 0.788. The minimum Gasteiger partial charge on any atom is -0.495 e. The number of nitrogens with one attached hydrogen (secondary N) is 2. The number of fused-ring (bicyclic) bond motifs is 1. The first kappa shape index (κ1) is 15.5. The Kier molecular flexibility index (Phi) is 4.96. The van der Waals surface area contributed by atoms with Crippen LogP contribution in [0.5, 0.6) is 5.75 Å². The highest BCUT2D eigenvalue weighted by Gasteiger charge is 2.24. The lowest BCUT2D eigenvalue weighted by molar-refractivity contribution is -0.116. The summed E-state index contributed by atoms with van der Waals surface area (Å²) >= 11 is 0. The molecule has 1 atom stereocenters. The summed E-state index contributed by atoms with van der Waals surface area (Å²) in [5.41, 5.74) is 2.19. The molecule has 1 amide bonds. The molecule has 1 aromatic carbocycles. The maximum atomic E-state index is 12.4. The molecule has 2 rings (SSSR count). The SMILES string of the molecule is CCC(C)NCC(=O)c1ccc(OC)c2c1CCC(=O)N2. The van der Waals surface area contributed by atoms with Crippen LogP contribution in [0.1, 0.15) is 42.6 Å². The van der Waals surface area contributed by atoms with Crippen LogP contribution in [0.3, 0.4) is 0 Å². The second kappa shape index (κ2) is 6.72. The molecule has 0 aliphatic carbocycles. The first-order valence-corrected chi connectivity index (χ1v) is 7.33. The van der Waals surface area contributed by atoms with Crippen LogP contribution in [-0.4, -0.2) is 31.4 Å². The van der Waals surface area contributed by atoms with Crippen molar-refractivity contribution >= 4 is 17.4 Å². The van der Waals surface area contributed by atoms with Crippen LogP contribution in [0.4, 0.5) is 5.69 Å². The van der Waals surface area contributed by atoms with Gasteiger partial charge in [0, 0.05) is 18.0 Å². The molecule has 1 unspecified atom stereocenters. The molecule has 1 aliphatic rings. The van der Waals surface area contributed by atoms with E-state index in [2.05, 4.69) is 24.5 Å². The molecule has 0 saturated carbocycles. The number of carbonyl (C=O) groups is 2. The molecule has 0 bridgehead atoms. The number of benzene rings is 1. The second-order valence-corrected chi connectivity index (χ2v) is 5.33. The second-order valence-electron chi connectivity index (χ2n) is 5.33. The molecule has 114 valence electrons. The molecule has 1 aliphatic heterocycles. The number of ketones is 1. The maximum Gasteiger partial charge on any atom is 0.224 e. The van der Waals surface area contributed by atoms with Gasteiger partial charge in [-0.15, -0.1) is 0 Å². The lowest BCUT2D eigenvalue weighted by Crippen LogP contribution is -2.32. The van der Waals surface area contributed by atoms with Crippen molar-refractivity contribution in [2.24, 2.45) is 0 Å². The van der Waals surface area contributed by atoms with Gasteiger partial charge in [0.2, 0.25) is 5.91 Å². The molecular formula is C16H22N2O3. The zero-order valence-electron chi connectivity index (χ0n) is 12.8. The van der Waals surface area contributed by atoms with Gasteiger partial charge in [0.25, 0.3) is 0 Å². The van der Waals surface area contributed by atoms with Crippen LogP contribution in [-0.2, 0) is 11.2 Å². The Balaban J connectivity index is 2.26. The third-order valence-corrected chi connectivity index (χ3v) is 3.88. The van der Waals surface area contributed by atoms with Crippen molar-refractivity contribution in [2.45, 2.75) is 39.2 Å². The van der Waals surface area contributed by atoms with Crippen molar-refractivity contribution in [2.75, 3.05) is 19.0 Å². The van der Waals surface area contributed by atoms with Crippen LogP contribution in [0, 0.1) is 0 Å². The van der Waals surface area contributed by atoms with Crippen molar-refractivity contribution in [3.63, 3.8) is 0 Å². The van der Waals surface area contributed by atoms with Gasteiger partial charge in [-0.3, -0.25) is 9.59 Å². The van der Waals surface area contributed by atoms with Gasteiger partial charge in [0.05, 0.1) is 19.3 Å². The van der Waals surface area contributed by atoms with Crippen molar-refractivity contribution in [1.29, 1.82) is 0 Å². The Morgan fingerprint density at radius 3 is 2.86 bits per heavy atom. The average molecular weight is 290 g/mol. The molecule has 21 heavy (non-hydrogen) atoms. The summed E-state index contributed by atoms with van der Waals surface area (Å²) in [5, 5.41) is 6.02. The van der Waals surface area contributed by atoms with Gasteiger partial charge in [0.1, 0.15) is 5.75 Å². The lowest BCUT2D eigenvalue weighted by Gasteiger charge is -2.22. The number of anilines is 1. The van der Waals surface area contributed by atoms with E-state index >= 15 is 0 Å². The number of carbonyl (C=O) groups excluding carboxylic acids is 2. The fourth-order valence-electron chi connectivity index (χ4n) is 2.40. The van der Waals surface area contributed by atoms with Gasteiger partial charge in [-0.05, 0) is 37.5 Å². The smallest absolute Gasteiger partial charge is 0.224 e. The monoisotopic (exact) mass is 290 g/mol. The van der Waals surface area contributed by atoms with Crippen LogP contribution in [0.2, 0.25) is 0 Å². The van der Waals surface area contributed by atoms with Crippen molar-refractivity contribution < 1.29 is 14.3 Å². The summed E-state index contributed by atoms with van der Waals surface area (Å²) in [7, 11) is 1.56. The Bertz CT molecular complexity index is 555. The Morgan fingerprint density at radius 2 is 2.19 bits per heavy atom. The van der Waals surface area contributed by atoms with Gasteiger partial charge in [-0.25, -0.2) is 0 Å². The first-order valence-electron chi connectivity index (χ1n) is 7.33. The lowest BCUT2D eigenvalue weighted by atomic mass is 9.94. The predicted octanol–water partition coefficient (Wildman–Crippen LogP) is 2.15. The van der Waals surface area contributed by atoms with Gasteiger partial charge in [-0.1, -0.05) is 6.92 Å². The van der Waals surface area contributed by atoms with E-state index in [4.69, 9.17) is 4.74 Å². The molecule has 1 heterocycles. The van der Waals surface area contributed by atoms with Crippen molar-refractivity contribution in [3.8, 4) is 5.75 Å². The minimum atomic E-state index is -0.0388.